The number of aromatic hydroxyl groups is 1. The summed E-state index contributed by atoms with van der Waals surface area (Å²) in [5, 5.41) is 11.5. The van der Waals surface area contributed by atoms with E-state index < -0.39 is 5.82 Å². The molecule has 0 aliphatic carbocycles. The van der Waals surface area contributed by atoms with Crippen molar-refractivity contribution in [3.8, 4) is 5.88 Å². The molecular formula is C16H11BrFNO2. The Labute approximate surface area is 128 Å². The molecule has 5 heteroatoms. The van der Waals surface area contributed by atoms with E-state index in [1.807, 2.05) is 0 Å². The quantitative estimate of drug-likeness (QED) is 0.768. The SMILES string of the molecule is O=c1cc2ccccc2c(O)n1Cc1ccc(Br)cc1F. The molecule has 1 aromatic heterocycles. The molecule has 2 aromatic carbocycles. The highest BCUT2D eigenvalue weighted by molar-refractivity contribution is 9.10. The summed E-state index contributed by atoms with van der Waals surface area (Å²) in [6.07, 6.45) is 0. The maximum atomic E-state index is 13.9. The molecule has 21 heavy (non-hydrogen) atoms. The van der Waals surface area contributed by atoms with Gasteiger partial charge in [0.2, 0.25) is 5.88 Å². The number of aromatic nitrogens is 1. The lowest BCUT2D eigenvalue weighted by Crippen LogP contribution is -2.20. The molecule has 0 radical (unpaired) electrons. The van der Waals surface area contributed by atoms with Crippen LogP contribution in [0.25, 0.3) is 10.8 Å². The fourth-order valence-corrected chi connectivity index (χ4v) is 2.59. The van der Waals surface area contributed by atoms with E-state index in [2.05, 4.69) is 15.9 Å². The second-order valence-corrected chi connectivity index (χ2v) is 5.63. The molecule has 0 aliphatic heterocycles. The molecule has 0 saturated carbocycles. The minimum absolute atomic E-state index is 0.0192. The van der Waals surface area contributed by atoms with Crippen LogP contribution in [0.1, 0.15) is 5.56 Å². The van der Waals surface area contributed by atoms with Gasteiger partial charge in [-0.2, -0.15) is 0 Å². The number of hydrogen-bond donors (Lipinski definition) is 1. The predicted molar refractivity (Wildman–Crippen MR) is 83.1 cm³/mol. The molecule has 0 atom stereocenters. The van der Waals surface area contributed by atoms with E-state index in [-0.39, 0.29) is 18.0 Å². The number of pyridine rings is 1. The van der Waals surface area contributed by atoms with Crippen LogP contribution in [0.2, 0.25) is 0 Å². The lowest BCUT2D eigenvalue weighted by atomic mass is 10.1. The monoisotopic (exact) mass is 347 g/mol. The molecule has 3 rings (SSSR count). The molecule has 1 heterocycles. The van der Waals surface area contributed by atoms with Gasteiger partial charge in [0.05, 0.1) is 6.54 Å². The molecule has 0 bridgehead atoms. The largest absolute Gasteiger partial charge is 0.494 e. The third kappa shape index (κ3) is 2.56. The van der Waals surface area contributed by atoms with Gasteiger partial charge in [-0.3, -0.25) is 9.36 Å². The van der Waals surface area contributed by atoms with Gasteiger partial charge in [-0.05, 0) is 23.6 Å². The average molecular weight is 348 g/mol. The van der Waals surface area contributed by atoms with Crippen molar-refractivity contribution in [2.45, 2.75) is 6.54 Å². The molecule has 0 amide bonds. The Hall–Kier alpha value is -2.14. The van der Waals surface area contributed by atoms with Crippen LogP contribution in [-0.4, -0.2) is 9.67 Å². The van der Waals surface area contributed by atoms with E-state index >= 15 is 0 Å². The van der Waals surface area contributed by atoms with Crippen molar-refractivity contribution < 1.29 is 9.50 Å². The molecule has 0 saturated heterocycles. The molecule has 3 aromatic rings. The van der Waals surface area contributed by atoms with E-state index in [0.717, 1.165) is 4.57 Å². The molecule has 1 N–H and O–H groups in total. The van der Waals surface area contributed by atoms with Crippen LogP contribution < -0.4 is 5.56 Å². The van der Waals surface area contributed by atoms with Crippen LogP contribution in [0.3, 0.4) is 0 Å². The van der Waals surface area contributed by atoms with E-state index in [1.165, 1.54) is 12.1 Å². The van der Waals surface area contributed by atoms with E-state index in [4.69, 9.17) is 0 Å². The van der Waals surface area contributed by atoms with Crippen LogP contribution >= 0.6 is 15.9 Å². The number of hydrogen-bond acceptors (Lipinski definition) is 2. The Kier molecular flexibility index (Phi) is 3.51. The third-order valence-corrected chi connectivity index (χ3v) is 3.84. The number of rotatable bonds is 2. The Bertz CT molecular complexity index is 889. The first kappa shape index (κ1) is 13.8. The van der Waals surface area contributed by atoms with Gasteiger partial charge in [0, 0.05) is 21.5 Å². The third-order valence-electron chi connectivity index (χ3n) is 3.35. The topological polar surface area (TPSA) is 42.2 Å². The summed E-state index contributed by atoms with van der Waals surface area (Å²) in [5.41, 5.74) is -0.0283. The molecule has 3 nitrogen and oxygen atoms in total. The van der Waals surface area contributed by atoms with Crippen LogP contribution in [0, 0.1) is 5.82 Å². The molecule has 0 aliphatic rings. The minimum Gasteiger partial charge on any atom is -0.494 e. The summed E-state index contributed by atoms with van der Waals surface area (Å²) in [7, 11) is 0. The van der Waals surface area contributed by atoms with Gasteiger partial charge in [-0.15, -0.1) is 0 Å². The van der Waals surface area contributed by atoms with E-state index in [0.29, 0.717) is 20.8 Å². The summed E-state index contributed by atoms with van der Waals surface area (Å²) < 4.78 is 15.7. The molecule has 0 unspecified atom stereocenters. The van der Waals surface area contributed by atoms with E-state index in [1.54, 1.807) is 36.4 Å². The number of halogens is 2. The zero-order valence-electron chi connectivity index (χ0n) is 10.9. The second-order valence-electron chi connectivity index (χ2n) is 4.72. The first-order valence-electron chi connectivity index (χ1n) is 6.32. The summed E-state index contributed by atoms with van der Waals surface area (Å²) in [6, 6.07) is 13.1. The van der Waals surface area contributed by atoms with Crippen LogP contribution in [0.5, 0.6) is 5.88 Å². The number of nitrogens with zero attached hydrogens (tertiary/aromatic N) is 1. The highest BCUT2D eigenvalue weighted by atomic mass is 79.9. The number of fused-ring (bicyclic) bond motifs is 1. The normalized spacial score (nSPS) is 11.0. The Balaban J connectivity index is 2.14. The highest BCUT2D eigenvalue weighted by Crippen LogP contribution is 2.24. The maximum absolute atomic E-state index is 13.9. The van der Waals surface area contributed by atoms with Crippen LogP contribution in [0.15, 0.2) is 57.8 Å². The van der Waals surface area contributed by atoms with Crippen molar-refractivity contribution in [2.24, 2.45) is 0 Å². The molecule has 0 fully saturated rings. The predicted octanol–water partition coefficient (Wildman–Crippen LogP) is 3.66. The lowest BCUT2D eigenvalue weighted by Gasteiger charge is -2.11. The van der Waals surface area contributed by atoms with Gasteiger partial charge in [0.1, 0.15) is 5.82 Å². The number of benzene rings is 2. The fraction of sp³-hybridized carbons (Fsp3) is 0.0625. The zero-order chi connectivity index (χ0) is 15.0. The maximum Gasteiger partial charge on any atom is 0.254 e. The average Bonchev–Trinajstić information content (AvgIpc) is 2.45. The van der Waals surface area contributed by atoms with Gasteiger partial charge in [0.15, 0.2) is 0 Å². The Morgan fingerprint density at radius 2 is 1.90 bits per heavy atom. The van der Waals surface area contributed by atoms with Gasteiger partial charge < -0.3 is 5.11 Å². The van der Waals surface area contributed by atoms with Crippen molar-refractivity contribution in [2.75, 3.05) is 0 Å². The molecule has 106 valence electrons. The van der Waals surface area contributed by atoms with E-state index in [9.17, 15) is 14.3 Å². The first-order chi connectivity index (χ1) is 10.1. The summed E-state index contributed by atoms with van der Waals surface area (Å²) in [6.45, 7) is -0.0192. The Morgan fingerprint density at radius 3 is 2.67 bits per heavy atom. The fourth-order valence-electron chi connectivity index (χ4n) is 2.26. The van der Waals surface area contributed by atoms with Gasteiger partial charge >= 0.3 is 0 Å². The van der Waals surface area contributed by atoms with Crippen molar-refractivity contribution >= 4 is 26.7 Å². The molecular weight excluding hydrogens is 337 g/mol. The van der Waals surface area contributed by atoms with Gasteiger partial charge in [-0.25, -0.2) is 4.39 Å². The Morgan fingerprint density at radius 1 is 1.14 bits per heavy atom. The van der Waals surface area contributed by atoms with Crippen molar-refractivity contribution in [1.82, 2.24) is 4.57 Å². The van der Waals surface area contributed by atoms with Crippen LogP contribution in [0.4, 0.5) is 4.39 Å². The molecule has 0 spiro atoms. The lowest BCUT2D eigenvalue weighted by molar-refractivity contribution is 0.420. The summed E-state index contributed by atoms with van der Waals surface area (Å²) in [5.74, 6) is -0.579. The van der Waals surface area contributed by atoms with Crippen molar-refractivity contribution in [1.29, 1.82) is 0 Å². The van der Waals surface area contributed by atoms with Gasteiger partial charge in [0.25, 0.3) is 5.56 Å². The smallest absolute Gasteiger partial charge is 0.254 e. The second kappa shape index (κ2) is 5.33. The van der Waals surface area contributed by atoms with Crippen LogP contribution in [-0.2, 0) is 6.54 Å². The van der Waals surface area contributed by atoms with Crippen molar-refractivity contribution in [3.63, 3.8) is 0 Å². The van der Waals surface area contributed by atoms with Gasteiger partial charge in [-0.1, -0.05) is 40.2 Å². The highest BCUT2D eigenvalue weighted by Gasteiger charge is 2.11. The summed E-state index contributed by atoms with van der Waals surface area (Å²) >= 11 is 3.19. The van der Waals surface area contributed by atoms with Crippen molar-refractivity contribution in [3.05, 3.63) is 74.7 Å². The standard InChI is InChI=1S/C16H11BrFNO2/c17-12-6-5-11(14(18)8-12)9-19-15(20)7-10-3-1-2-4-13(10)16(19)21/h1-8,21H,9H2. The summed E-state index contributed by atoms with van der Waals surface area (Å²) in [4.78, 5) is 12.1. The first-order valence-corrected chi connectivity index (χ1v) is 7.11. The zero-order valence-corrected chi connectivity index (χ0v) is 12.5. The minimum atomic E-state index is -0.427.